The SMILES string of the molecule is CCNC1=Cc2ccc(C(C)C)cc2C1. The van der Waals surface area contributed by atoms with Gasteiger partial charge in [-0.3, -0.25) is 0 Å². The Labute approximate surface area is 92.2 Å². The third kappa shape index (κ3) is 2.06. The summed E-state index contributed by atoms with van der Waals surface area (Å²) in [4.78, 5) is 0. The number of likely N-dealkylation sites (N-methyl/N-ethyl adjacent to an activating group) is 1. The number of hydrogen-bond acceptors (Lipinski definition) is 1. The third-order valence-corrected chi connectivity index (χ3v) is 2.95. The normalized spacial score (nSPS) is 14.0. The van der Waals surface area contributed by atoms with E-state index in [9.17, 15) is 0 Å². The first kappa shape index (κ1) is 10.3. The molecule has 0 amide bonds. The van der Waals surface area contributed by atoms with E-state index in [1.807, 2.05) is 0 Å². The maximum Gasteiger partial charge on any atom is 0.0157 e. The van der Waals surface area contributed by atoms with Crippen molar-refractivity contribution in [3.8, 4) is 0 Å². The molecule has 2 rings (SSSR count). The maximum atomic E-state index is 3.40. The minimum Gasteiger partial charge on any atom is -0.388 e. The fourth-order valence-corrected chi connectivity index (χ4v) is 2.06. The van der Waals surface area contributed by atoms with Crippen molar-refractivity contribution in [3.05, 3.63) is 40.6 Å². The van der Waals surface area contributed by atoms with Crippen LogP contribution in [0.25, 0.3) is 6.08 Å². The molecule has 1 aromatic rings. The quantitative estimate of drug-likeness (QED) is 0.791. The molecule has 1 heteroatoms. The van der Waals surface area contributed by atoms with E-state index in [0.29, 0.717) is 5.92 Å². The molecule has 0 unspecified atom stereocenters. The molecule has 0 saturated heterocycles. The van der Waals surface area contributed by atoms with Gasteiger partial charge in [0, 0.05) is 18.7 Å². The number of allylic oxidation sites excluding steroid dienone is 1. The lowest BCUT2D eigenvalue weighted by molar-refractivity contribution is 0.830. The zero-order valence-corrected chi connectivity index (χ0v) is 9.80. The first-order chi connectivity index (χ1) is 7.20. The third-order valence-electron chi connectivity index (χ3n) is 2.95. The van der Waals surface area contributed by atoms with Crippen LogP contribution in [0.4, 0.5) is 0 Å². The molecule has 80 valence electrons. The van der Waals surface area contributed by atoms with Gasteiger partial charge in [0.1, 0.15) is 0 Å². The van der Waals surface area contributed by atoms with Crippen LogP contribution < -0.4 is 5.32 Å². The van der Waals surface area contributed by atoms with E-state index in [2.05, 4.69) is 50.4 Å². The molecule has 15 heavy (non-hydrogen) atoms. The van der Waals surface area contributed by atoms with Gasteiger partial charge in [-0.2, -0.15) is 0 Å². The van der Waals surface area contributed by atoms with Crippen LogP contribution in [0, 0.1) is 0 Å². The van der Waals surface area contributed by atoms with Crippen LogP contribution >= 0.6 is 0 Å². The van der Waals surface area contributed by atoms with Crippen LogP contribution in [0.2, 0.25) is 0 Å². The molecule has 0 fully saturated rings. The molecule has 0 aromatic heterocycles. The van der Waals surface area contributed by atoms with Crippen molar-refractivity contribution >= 4 is 6.08 Å². The van der Waals surface area contributed by atoms with Gasteiger partial charge in [0.25, 0.3) is 0 Å². The largest absolute Gasteiger partial charge is 0.388 e. The van der Waals surface area contributed by atoms with E-state index in [0.717, 1.165) is 13.0 Å². The molecule has 0 spiro atoms. The fraction of sp³-hybridized carbons (Fsp3) is 0.429. The Balaban J connectivity index is 2.23. The number of fused-ring (bicyclic) bond motifs is 1. The topological polar surface area (TPSA) is 12.0 Å². The van der Waals surface area contributed by atoms with Crippen LogP contribution in [0.1, 0.15) is 43.4 Å². The summed E-state index contributed by atoms with van der Waals surface area (Å²) in [5, 5.41) is 3.40. The zero-order valence-electron chi connectivity index (χ0n) is 9.80. The maximum absolute atomic E-state index is 3.40. The second-order valence-corrected chi connectivity index (χ2v) is 4.49. The highest BCUT2D eigenvalue weighted by Crippen LogP contribution is 2.27. The van der Waals surface area contributed by atoms with E-state index >= 15 is 0 Å². The molecule has 1 aromatic carbocycles. The summed E-state index contributed by atoms with van der Waals surface area (Å²) in [7, 11) is 0. The van der Waals surface area contributed by atoms with Crippen molar-refractivity contribution in [2.45, 2.75) is 33.1 Å². The number of hydrogen-bond donors (Lipinski definition) is 1. The van der Waals surface area contributed by atoms with E-state index in [1.54, 1.807) is 0 Å². The number of nitrogens with one attached hydrogen (secondary N) is 1. The number of rotatable bonds is 3. The van der Waals surface area contributed by atoms with E-state index in [1.165, 1.54) is 22.4 Å². The van der Waals surface area contributed by atoms with Crippen molar-refractivity contribution in [3.63, 3.8) is 0 Å². The molecular formula is C14H19N. The van der Waals surface area contributed by atoms with E-state index in [-0.39, 0.29) is 0 Å². The summed E-state index contributed by atoms with van der Waals surface area (Å²) in [6.07, 6.45) is 3.34. The van der Waals surface area contributed by atoms with Crippen molar-refractivity contribution in [1.29, 1.82) is 0 Å². The minimum atomic E-state index is 0.624. The molecule has 1 aliphatic carbocycles. The lowest BCUT2D eigenvalue weighted by Gasteiger charge is -2.07. The molecule has 0 heterocycles. The van der Waals surface area contributed by atoms with Crippen molar-refractivity contribution in [1.82, 2.24) is 5.32 Å². The fourth-order valence-electron chi connectivity index (χ4n) is 2.06. The molecule has 0 saturated carbocycles. The summed E-state index contributed by atoms with van der Waals surface area (Å²) >= 11 is 0. The first-order valence-electron chi connectivity index (χ1n) is 5.78. The van der Waals surface area contributed by atoms with Crippen molar-refractivity contribution in [2.75, 3.05) is 6.54 Å². The lowest BCUT2D eigenvalue weighted by atomic mass is 9.98. The average Bonchev–Trinajstić information content (AvgIpc) is 2.59. The zero-order chi connectivity index (χ0) is 10.8. The molecule has 0 atom stereocenters. The van der Waals surface area contributed by atoms with Gasteiger partial charge in [-0.25, -0.2) is 0 Å². The summed E-state index contributed by atoms with van der Waals surface area (Å²) in [6, 6.07) is 6.84. The Hall–Kier alpha value is -1.24. The molecular weight excluding hydrogens is 182 g/mol. The molecule has 0 radical (unpaired) electrons. The minimum absolute atomic E-state index is 0.624. The lowest BCUT2D eigenvalue weighted by Crippen LogP contribution is -2.11. The van der Waals surface area contributed by atoms with Gasteiger partial charge in [0.05, 0.1) is 0 Å². The van der Waals surface area contributed by atoms with Crippen molar-refractivity contribution in [2.24, 2.45) is 0 Å². The monoisotopic (exact) mass is 201 g/mol. The molecule has 0 bridgehead atoms. The van der Waals surface area contributed by atoms with Crippen LogP contribution in [-0.2, 0) is 6.42 Å². The standard InChI is InChI=1S/C14H19N/c1-4-15-14-8-12-6-5-11(10(2)3)7-13(12)9-14/h5-8,10,15H,4,9H2,1-3H3. The highest BCUT2D eigenvalue weighted by Gasteiger charge is 2.12. The molecule has 1 aliphatic rings. The Kier molecular flexibility index (Phi) is 2.81. The average molecular weight is 201 g/mol. The van der Waals surface area contributed by atoms with Gasteiger partial charge in [0.2, 0.25) is 0 Å². The first-order valence-corrected chi connectivity index (χ1v) is 5.78. The Morgan fingerprint density at radius 3 is 2.80 bits per heavy atom. The predicted octanol–water partition coefficient (Wildman–Crippen LogP) is 3.32. The highest BCUT2D eigenvalue weighted by molar-refractivity contribution is 5.63. The smallest absolute Gasteiger partial charge is 0.0157 e. The van der Waals surface area contributed by atoms with Gasteiger partial charge in [0.15, 0.2) is 0 Å². The molecule has 1 nitrogen and oxygen atoms in total. The summed E-state index contributed by atoms with van der Waals surface area (Å²) in [5.74, 6) is 0.624. The predicted molar refractivity (Wildman–Crippen MR) is 65.9 cm³/mol. The highest BCUT2D eigenvalue weighted by atomic mass is 14.9. The van der Waals surface area contributed by atoms with E-state index in [4.69, 9.17) is 0 Å². The second kappa shape index (κ2) is 4.09. The summed E-state index contributed by atoms with van der Waals surface area (Å²) in [6.45, 7) is 7.64. The van der Waals surface area contributed by atoms with Gasteiger partial charge >= 0.3 is 0 Å². The summed E-state index contributed by atoms with van der Waals surface area (Å²) < 4.78 is 0. The second-order valence-electron chi connectivity index (χ2n) is 4.49. The van der Waals surface area contributed by atoms with Gasteiger partial charge in [-0.15, -0.1) is 0 Å². The van der Waals surface area contributed by atoms with Crippen LogP contribution in [0.15, 0.2) is 23.9 Å². The Bertz CT molecular complexity index is 388. The Morgan fingerprint density at radius 2 is 2.13 bits per heavy atom. The number of benzene rings is 1. The van der Waals surface area contributed by atoms with Gasteiger partial charge < -0.3 is 5.32 Å². The Morgan fingerprint density at radius 1 is 1.33 bits per heavy atom. The van der Waals surface area contributed by atoms with Crippen molar-refractivity contribution < 1.29 is 0 Å². The molecule has 1 N–H and O–H groups in total. The van der Waals surface area contributed by atoms with E-state index < -0.39 is 0 Å². The molecule has 0 aliphatic heterocycles. The van der Waals surface area contributed by atoms with Crippen LogP contribution in [0.5, 0.6) is 0 Å². The van der Waals surface area contributed by atoms with Gasteiger partial charge in [-0.1, -0.05) is 32.0 Å². The van der Waals surface area contributed by atoms with Crippen LogP contribution in [-0.4, -0.2) is 6.54 Å². The van der Waals surface area contributed by atoms with Gasteiger partial charge in [-0.05, 0) is 35.6 Å². The van der Waals surface area contributed by atoms with Crippen LogP contribution in [0.3, 0.4) is 0 Å². The summed E-state index contributed by atoms with van der Waals surface area (Å²) in [5.41, 5.74) is 5.65.